The number of aryl methyl sites for hydroxylation is 1. The first-order chi connectivity index (χ1) is 7.68. The molecule has 1 atom stereocenters. The second-order valence-corrected chi connectivity index (χ2v) is 3.80. The predicted molar refractivity (Wildman–Crippen MR) is 57.7 cm³/mol. The minimum atomic E-state index is -1.19. The minimum absolute atomic E-state index is 0.0821. The summed E-state index contributed by atoms with van der Waals surface area (Å²) in [6, 6.07) is 0. The molecule has 6 nitrogen and oxygen atoms in total. The zero-order chi connectivity index (χ0) is 11.5. The number of nitrogens with one attached hydrogen (secondary N) is 1. The number of nitrogens with zero attached hydrogens (tertiary/aromatic N) is 2. The molecule has 1 aliphatic rings. The summed E-state index contributed by atoms with van der Waals surface area (Å²) in [5, 5.41) is 12.2. The molecule has 2 rings (SSSR count). The lowest BCUT2D eigenvalue weighted by atomic mass is 10.2. The van der Waals surface area contributed by atoms with Crippen molar-refractivity contribution in [3.05, 3.63) is 17.6 Å². The Balaban J connectivity index is 2.05. The lowest BCUT2D eigenvalue weighted by molar-refractivity contribution is -0.125. The monoisotopic (exact) mass is 222 g/mol. The molecule has 0 aliphatic heterocycles. The van der Waals surface area contributed by atoms with Crippen molar-refractivity contribution in [1.82, 2.24) is 9.97 Å². The highest BCUT2D eigenvalue weighted by Crippen LogP contribution is 2.24. The Kier molecular flexibility index (Phi) is 3.00. The van der Waals surface area contributed by atoms with E-state index in [1.807, 2.05) is 0 Å². The van der Waals surface area contributed by atoms with Gasteiger partial charge in [-0.1, -0.05) is 0 Å². The van der Waals surface area contributed by atoms with Crippen LogP contribution in [0.1, 0.15) is 17.7 Å². The van der Waals surface area contributed by atoms with E-state index in [0.717, 1.165) is 30.5 Å². The number of nitrogens with two attached hydrogens (primary N) is 1. The van der Waals surface area contributed by atoms with Crippen molar-refractivity contribution in [3.63, 3.8) is 0 Å². The summed E-state index contributed by atoms with van der Waals surface area (Å²) in [5.74, 6) is -0.0407. The van der Waals surface area contributed by atoms with Gasteiger partial charge in [-0.3, -0.25) is 4.79 Å². The summed E-state index contributed by atoms with van der Waals surface area (Å²) in [5.41, 5.74) is 7.08. The van der Waals surface area contributed by atoms with Crippen molar-refractivity contribution in [2.24, 2.45) is 5.73 Å². The highest BCUT2D eigenvalue weighted by molar-refractivity contribution is 5.79. The molecule has 1 aliphatic carbocycles. The molecule has 1 unspecified atom stereocenters. The number of anilines is 1. The standard InChI is InChI=1S/C10H14N4O2/c11-9(16)8(15)4-12-10-6-2-1-3-7(6)13-5-14-10/h5,8,15H,1-4H2,(H2,11,16)(H,12,13,14). The number of carbonyl (C=O) groups excluding carboxylic acids is 1. The number of primary amides is 1. The van der Waals surface area contributed by atoms with E-state index in [0.29, 0.717) is 5.82 Å². The third kappa shape index (κ3) is 2.11. The van der Waals surface area contributed by atoms with Gasteiger partial charge in [-0.2, -0.15) is 0 Å². The van der Waals surface area contributed by atoms with Gasteiger partial charge in [-0.25, -0.2) is 9.97 Å². The van der Waals surface area contributed by atoms with Gasteiger partial charge in [0.15, 0.2) is 0 Å². The summed E-state index contributed by atoms with van der Waals surface area (Å²) in [6.45, 7) is 0.0821. The number of aliphatic hydroxyl groups is 1. The van der Waals surface area contributed by atoms with Gasteiger partial charge < -0.3 is 16.2 Å². The molecule has 4 N–H and O–H groups in total. The van der Waals surface area contributed by atoms with Crippen LogP contribution in [0.4, 0.5) is 5.82 Å². The lowest BCUT2D eigenvalue weighted by Gasteiger charge is -2.11. The van der Waals surface area contributed by atoms with E-state index < -0.39 is 12.0 Å². The van der Waals surface area contributed by atoms with Crippen molar-refractivity contribution >= 4 is 11.7 Å². The van der Waals surface area contributed by atoms with Crippen LogP contribution in [0, 0.1) is 0 Å². The maximum Gasteiger partial charge on any atom is 0.248 e. The van der Waals surface area contributed by atoms with E-state index in [4.69, 9.17) is 5.73 Å². The molecule has 16 heavy (non-hydrogen) atoms. The Morgan fingerprint density at radius 3 is 3.12 bits per heavy atom. The van der Waals surface area contributed by atoms with Crippen LogP contribution < -0.4 is 11.1 Å². The first-order valence-electron chi connectivity index (χ1n) is 5.22. The van der Waals surface area contributed by atoms with E-state index >= 15 is 0 Å². The van der Waals surface area contributed by atoms with Crippen LogP contribution in [0.25, 0.3) is 0 Å². The van der Waals surface area contributed by atoms with Crippen molar-refractivity contribution in [2.75, 3.05) is 11.9 Å². The first-order valence-corrected chi connectivity index (χ1v) is 5.22. The van der Waals surface area contributed by atoms with Gasteiger partial charge in [0, 0.05) is 11.3 Å². The Morgan fingerprint density at radius 2 is 2.38 bits per heavy atom. The fourth-order valence-electron chi connectivity index (χ4n) is 1.81. The van der Waals surface area contributed by atoms with Crippen LogP contribution in [-0.4, -0.2) is 33.6 Å². The number of hydrogen-bond donors (Lipinski definition) is 3. The van der Waals surface area contributed by atoms with E-state index in [9.17, 15) is 9.90 Å². The van der Waals surface area contributed by atoms with Crippen molar-refractivity contribution < 1.29 is 9.90 Å². The molecule has 86 valence electrons. The van der Waals surface area contributed by atoms with E-state index in [1.165, 1.54) is 6.33 Å². The maximum atomic E-state index is 10.7. The van der Waals surface area contributed by atoms with Crippen LogP contribution in [0.5, 0.6) is 0 Å². The van der Waals surface area contributed by atoms with Gasteiger partial charge in [0.05, 0.1) is 6.54 Å². The third-order valence-electron chi connectivity index (χ3n) is 2.67. The second kappa shape index (κ2) is 4.44. The number of rotatable bonds is 4. The number of hydrogen-bond acceptors (Lipinski definition) is 5. The molecule has 0 saturated heterocycles. The quantitative estimate of drug-likeness (QED) is 0.620. The van der Waals surface area contributed by atoms with Crippen LogP contribution in [0.15, 0.2) is 6.33 Å². The number of aromatic nitrogens is 2. The Morgan fingerprint density at radius 1 is 1.56 bits per heavy atom. The number of fused-ring (bicyclic) bond motifs is 1. The van der Waals surface area contributed by atoms with Crippen LogP contribution in [0.2, 0.25) is 0 Å². The third-order valence-corrected chi connectivity index (χ3v) is 2.67. The lowest BCUT2D eigenvalue weighted by Crippen LogP contribution is -2.34. The van der Waals surface area contributed by atoms with E-state index in [2.05, 4.69) is 15.3 Å². The maximum absolute atomic E-state index is 10.7. The van der Waals surface area contributed by atoms with Crippen LogP contribution in [-0.2, 0) is 17.6 Å². The molecule has 1 amide bonds. The molecule has 1 aromatic rings. The molecule has 0 fully saturated rings. The smallest absolute Gasteiger partial charge is 0.248 e. The average Bonchev–Trinajstić information content (AvgIpc) is 2.73. The summed E-state index contributed by atoms with van der Waals surface area (Å²) in [7, 11) is 0. The topological polar surface area (TPSA) is 101 Å². The molecule has 0 bridgehead atoms. The Labute approximate surface area is 92.9 Å². The van der Waals surface area contributed by atoms with Gasteiger partial charge in [-0.05, 0) is 19.3 Å². The molecule has 0 saturated carbocycles. The second-order valence-electron chi connectivity index (χ2n) is 3.80. The summed E-state index contributed by atoms with van der Waals surface area (Å²) in [4.78, 5) is 18.9. The first kappa shape index (κ1) is 10.8. The summed E-state index contributed by atoms with van der Waals surface area (Å²) >= 11 is 0. The van der Waals surface area contributed by atoms with Crippen molar-refractivity contribution in [1.29, 1.82) is 0 Å². The summed E-state index contributed by atoms with van der Waals surface area (Å²) < 4.78 is 0. The van der Waals surface area contributed by atoms with Crippen molar-refractivity contribution in [3.8, 4) is 0 Å². The molecule has 6 heteroatoms. The number of carbonyl (C=O) groups is 1. The van der Waals surface area contributed by atoms with Gasteiger partial charge in [0.25, 0.3) is 0 Å². The molecule has 1 aromatic heterocycles. The molecule has 0 radical (unpaired) electrons. The fourth-order valence-corrected chi connectivity index (χ4v) is 1.81. The normalized spacial score (nSPS) is 15.6. The number of aliphatic hydroxyl groups excluding tert-OH is 1. The van der Waals surface area contributed by atoms with Gasteiger partial charge in [0.2, 0.25) is 5.91 Å². The Bertz CT molecular complexity index is 408. The highest BCUT2D eigenvalue weighted by atomic mass is 16.3. The number of amides is 1. The molecular weight excluding hydrogens is 208 g/mol. The van der Waals surface area contributed by atoms with E-state index in [-0.39, 0.29) is 6.54 Å². The molecule has 0 aromatic carbocycles. The molecule has 0 spiro atoms. The van der Waals surface area contributed by atoms with Gasteiger partial charge in [0.1, 0.15) is 18.2 Å². The Hall–Kier alpha value is -1.69. The predicted octanol–water partition coefficient (Wildman–Crippen LogP) is -0.777. The van der Waals surface area contributed by atoms with Crippen molar-refractivity contribution in [2.45, 2.75) is 25.4 Å². The van der Waals surface area contributed by atoms with Gasteiger partial charge >= 0.3 is 0 Å². The largest absolute Gasteiger partial charge is 0.381 e. The fraction of sp³-hybridized carbons (Fsp3) is 0.500. The highest BCUT2D eigenvalue weighted by Gasteiger charge is 2.18. The average molecular weight is 222 g/mol. The van der Waals surface area contributed by atoms with Crippen LogP contribution in [0.3, 0.4) is 0 Å². The summed E-state index contributed by atoms with van der Waals surface area (Å²) in [6.07, 6.45) is 3.27. The van der Waals surface area contributed by atoms with Gasteiger partial charge in [-0.15, -0.1) is 0 Å². The zero-order valence-electron chi connectivity index (χ0n) is 8.81. The zero-order valence-corrected chi connectivity index (χ0v) is 8.81. The minimum Gasteiger partial charge on any atom is -0.381 e. The van der Waals surface area contributed by atoms with Crippen LogP contribution >= 0.6 is 0 Å². The SMILES string of the molecule is NC(=O)C(O)CNc1ncnc2c1CCC2. The molecular formula is C10H14N4O2. The van der Waals surface area contributed by atoms with E-state index in [1.54, 1.807) is 0 Å². The molecule has 1 heterocycles.